The third kappa shape index (κ3) is 3.97. The van der Waals surface area contributed by atoms with Gasteiger partial charge in [0.05, 0.1) is 6.10 Å². The number of nitrogens with zero attached hydrogens (tertiary/aromatic N) is 1. The zero-order chi connectivity index (χ0) is 10.6. The molecule has 0 saturated heterocycles. The second-order valence-corrected chi connectivity index (χ2v) is 4.76. The lowest BCUT2D eigenvalue weighted by Gasteiger charge is -2.24. The van der Waals surface area contributed by atoms with E-state index in [1.54, 1.807) is 0 Å². The summed E-state index contributed by atoms with van der Waals surface area (Å²) >= 11 is 0. The molecule has 0 spiro atoms. The maximum atomic E-state index is 9.41. The Hall–Kier alpha value is -0.0800. The summed E-state index contributed by atoms with van der Waals surface area (Å²) < 4.78 is 0. The van der Waals surface area contributed by atoms with Crippen molar-refractivity contribution in [2.75, 3.05) is 13.6 Å². The van der Waals surface area contributed by atoms with Crippen LogP contribution in [-0.4, -0.2) is 35.7 Å². The highest BCUT2D eigenvalue weighted by Crippen LogP contribution is 2.34. The van der Waals surface area contributed by atoms with E-state index in [9.17, 15) is 5.11 Å². The fourth-order valence-corrected chi connectivity index (χ4v) is 1.92. The molecular formula is C12H25NO. The van der Waals surface area contributed by atoms with Crippen molar-refractivity contribution in [2.45, 2.75) is 58.1 Å². The van der Waals surface area contributed by atoms with Gasteiger partial charge in [-0.15, -0.1) is 0 Å². The molecule has 0 aliphatic heterocycles. The predicted octanol–water partition coefficient (Wildman–Crippen LogP) is 2.27. The fraction of sp³-hybridized carbons (Fsp3) is 1.00. The largest absolute Gasteiger partial charge is 0.393 e. The molecule has 1 saturated carbocycles. The molecule has 0 aromatic carbocycles. The summed E-state index contributed by atoms with van der Waals surface area (Å²) in [6, 6.07) is 0.744. The first-order chi connectivity index (χ1) is 6.65. The van der Waals surface area contributed by atoms with Crippen molar-refractivity contribution in [1.82, 2.24) is 4.90 Å². The monoisotopic (exact) mass is 199 g/mol. The van der Waals surface area contributed by atoms with E-state index in [4.69, 9.17) is 0 Å². The van der Waals surface area contributed by atoms with Crippen LogP contribution >= 0.6 is 0 Å². The van der Waals surface area contributed by atoms with E-state index < -0.39 is 0 Å². The van der Waals surface area contributed by atoms with Gasteiger partial charge >= 0.3 is 0 Å². The van der Waals surface area contributed by atoms with Crippen LogP contribution in [0.1, 0.15) is 46.0 Å². The van der Waals surface area contributed by atoms with Gasteiger partial charge in [-0.25, -0.2) is 0 Å². The highest BCUT2D eigenvalue weighted by molar-refractivity contribution is 4.83. The molecule has 1 rings (SSSR count). The first-order valence-corrected chi connectivity index (χ1v) is 6.03. The van der Waals surface area contributed by atoms with Gasteiger partial charge in [-0.1, -0.05) is 6.92 Å². The van der Waals surface area contributed by atoms with Crippen LogP contribution in [0, 0.1) is 5.92 Å². The maximum Gasteiger partial charge on any atom is 0.0538 e. The van der Waals surface area contributed by atoms with Crippen molar-refractivity contribution < 1.29 is 5.11 Å². The first-order valence-electron chi connectivity index (χ1n) is 6.03. The quantitative estimate of drug-likeness (QED) is 0.680. The lowest BCUT2D eigenvalue weighted by atomic mass is 10.1. The van der Waals surface area contributed by atoms with Crippen molar-refractivity contribution in [3.63, 3.8) is 0 Å². The SMILES string of the molecule is CCC(O)CCCN(C)C(C)C1CC1. The molecule has 0 amide bonds. The van der Waals surface area contributed by atoms with Crippen LogP contribution in [0.4, 0.5) is 0 Å². The van der Waals surface area contributed by atoms with Gasteiger partial charge in [-0.3, -0.25) is 0 Å². The lowest BCUT2D eigenvalue weighted by molar-refractivity contribution is 0.146. The topological polar surface area (TPSA) is 23.5 Å². The first kappa shape index (κ1) is 12.0. The number of hydrogen-bond donors (Lipinski definition) is 1. The molecule has 0 heterocycles. The van der Waals surface area contributed by atoms with Crippen LogP contribution < -0.4 is 0 Å². The van der Waals surface area contributed by atoms with Crippen LogP contribution in [0.5, 0.6) is 0 Å². The highest BCUT2D eigenvalue weighted by Gasteiger charge is 2.29. The van der Waals surface area contributed by atoms with Gasteiger partial charge in [-0.05, 0) is 58.5 Å². The number of rotatable bonds is 7. The van der Waals surface area contributed by atoms with E-state index in [1.807, 2.05) is 6.92 Å². The van der Waals surface area contributed by atoms with E-state index >= 15 is 0 Å². The van der Waals surface area contributed by atoms with Crippen LogP contribution in [-0.2, 0) is 0 Å². The van der Waals surface area contributed by atoms with Crippen LogP contribution in [0.25, 0.3) is 0 Å². The van der Waals surface area contributed by atoms with Crippen molar-refractivity contribution in [1.29, 1.82) is 0 Å². The third-order valence-electron chi connectivity index (χ3n) is 3.52. The Kier molecular flexibility index (Phi) is 4.90. The Morgan fingerprint density at radius 1 is 1.43 bits per heavy atom. The molecule has 2 atom stereocenters. The van der Waals surface area contributed by atoms with Gasteiger partial charge < -0.3 is 10.0 Å². The molecule has 0 radical (unpaired) electrons. The normalized spacial score (nSPS) is 21.2. The van der Waals surface area contributed by atoms with Gasteiger partial charge in [0.1, 0.15) is 0 Å². The Morgan fingerprint density at radius 2 is 2.07 bits per heavy atom. The Labute approximate surface area is 88.3 Å². The molecule has 1 fully saturated rings. The molecule has 0 aromatic heterocycles. The smallest absolute Gasteiger partial charge is 0.0538 e. The molecule has 0 bridgehead atoms. The molecule has 2 unspecified atom stereocenters. The van der Waals surface area contributed by atoms with E-state index in [2.05, 4.69) is 18.9 Å². The summed E-state index contributed by atoms with van der Waals surface area (Å²) in [7, 11) is 2.21. The summed E-state index contributed by atoms with van der Waals surface area (Å²) in [5.41, 5.74) is 0. The lowest BCUT2D eigenvalue weighted by Crippen LogP contribution is -2.32. The van der Waals surface area contributed by atoms with Crippen LogP contribution in [0.3, 0.4) is 0 Å². The minimum absolute atomic E-state index is 0.0837. The third-order valence-corrected chi connectivity index (χ3v) is 3.52. The summed E-state index contributed by atoms with van der Waals surface area (Å²) in [4.78, 5) is 2.44. The molecule has 0 aromatic rings. The van der Waals surface area contributed by atoms with Crippen molar-refractivity contribution in [3.8, 4) is 0 Å². The molecular weight excluding hydrogens is 174 g/mol. The van der Waals surface area contributed by atoms with Gasteiger partial charge in [-0.2, -0.15) is 0 Å². The Bertz CT molecular complexity index is 156. The van der Waals surface area contributed by atoms with E-state index in [0.717, 1.165) is 37.8 Å². The van der Waals surface area contributed by atoms with Crippen molar-refractivity contribution >= 4 is 0 Å². The second-order valence-electron chi connectivity index (χ2n) is 4.76. The van der Waals surface area contributed by atoms with Crippen molar-refractivity contribution in [2.24, 2.45) is 5.92 Å². The average Bonchev–Trinajstić information content (AvgIpc) is 2.99. The Morgan fingerprint density at radius 3 is 2.57 bits per heavy atom. The molecule has 1 aliphatic rings. The van der Waals surface area contributed by atoms with Crippen LogP contribution in [0.2, 0.25) is 0 Å². The second kappa shape index (κ2) is 5.72. The zero-order valence-electron chi connectivity index (χ0n) is 9.87. The van der Waals surface area contributed by atoms with Crippen LogP contribution in [0.15, 0.2) is 0 Å². The minimum Gasteiger partial charge on any atom is -0.393 e. The van der Waals surface area contributed by atoms with Gasteiger partial charge in [0.2, 0.25) is 0 Å². The molecule has 84 valence electrons. The number of aliphatic hydroxyl groups is 1. The summed E-state index contributed by atoms with van der Waals surface area (Å²) in [6.07, 6.45) is 5.73. The van der Waals surface area contributed by atoms with E-state index in [1.165, 1.54) is 12.8 Å². The number of aliphatic hydroxyl groups excluding tert-OH is 1. The standard InChI is InChI=1S/C12H25NO/c1-4-12(14)6-5-9-13(3)10(2)11-7-8-11/h10-12,14H,4-9H2,1-3H3. The molecule has 14 heavy (non-hydrogen) atoms. The molecule has 2 nitrogen and oxygen atoms in total. The van der Waals surface area contributed by atoms with Crippen molar-refractivity contribution in [3.05, 3.63) is 0 Å². The minimum atomic E-state index is -0.0837. The number of hydrogen-bond acceptors (Lipinski definition) is 2. The zero-order valence-corrected chi connectivity index (χ0v) is 9.87. The molecule has 1 aliphatic carbocycles. The average molecular weight is 199 g/mol. The van der Waals surface area contributed by atoms with E-state index in [0.29, 0.717) is 0 Å². The predicted molar refractivity (Wildman–Crippen MR) is 60.3 cm³/mol. The summed E-state index contributed by atoms with van der Waals surface area (Å²) in [5.74, 6) is 0.955. The molecule has 1 N–H and O–H groups in total. The van der Waals surface area contributed by atoms with Gasteiger partial charge in [0, 0.05) is 6.04 Å². The fourth-order valence-electron chi connectivity index (χ4n) is 1.92. The summed E-state index contributed by atoms with van der Waals surface area (Å²) in [5, 5.41) is 9.41. The van der Waals surface area contributed by atoms with Gasteiger partial charge in [0.25, 0.3) is 0 Å². The summed E-state index contributed by atoms with van der Waals surface area (Å²) in [6.45, 7) is 5.50. The molecule has 2 heteroatoms. The Balaban J connectivity index is 2.04. The van der Waals surface area contributed by atoms with E-state index in [-0.39, 0.29) is 6.10 Å². The van der Waals surface area contributed by atoms with Gasteiger partial charge in [0.15, 0.2) is 0 Å². The maximum absolute atomic E-state index is 9.41. The highest BCUT2D eigenvalue weighted by atomic mass is 16.3.